The standard InChI is InChI=1S/C29H38N4O4/c30-29(31)32-24-12-8-21(9-13-24)22-10-14-26(15-11-22)37-19-25-17-23(18-27(34)35)28(36)33(25)16-4-7-20-5-2-1-3-6-20/h1-3,5-6,10-11,14-15,21,23-25H,4,7-9,12-13,16-19H2,(H,34,35)(H4,30,31,32)/t21-,23-,24+,25-/m0/s1. The van der Waals surface area contributed by atoms with Crippen LogP contribution in [0.15, 0.2) is 54.6 Å². The number of nitrogens with two attached hydrogens (primary N) is 1. The van der Waals surface area contributed by atoms with Gasteiger partial charge in [0.2, 0.25) is 5.91 Å². The molecular formula is C29H38N4O4. The molecule has 1 heterocycles. The van der Waals surface area contributed by atoms with E-state index >= 15 is 0 Å². The number of nitrogens with one attached hydrogen (secondary N) is 2. The predicted octanol–water partition coefficient (Wildman–Crippen LogP) is 3.90. The largest absolute Gasteiger partial charge is 0.491 e. The molecule has 2 aliphatic rings. The third-order valence-electron chi connectivity index (χ3n) is 7.64. The number of nitrogens with zero attached hydrogens (tertiary/aromatic N) is 1. The number of carboxylic acids is 1. The third kappa shape index (κ3) is 7.47. The van der Waals surface area contributed by atoms with Crippen LogP contribution in [0.1, 0.15) is 62.0 Å². The number of carboxylic acid groups (broad SMARTS) is 1. The van der Waals surface area contributed by atoms with Crippen LogP contribution in [0, 0.1) is 11.3 Å². The van der Waals surface area contributed by atoms with Gasteiger partial charge in [-0.25, -0.2) is 0 Å². The second-order valence-corrected chi connectivity index (χ2v) is 10.3. The van der Waals surface area contributed by atoms with Crippen molar-refractivity contribution in [2.75, 3.05) is 13.2 Å². The SMILES string of the molecule is N=C(N)N[C@H]1CC[C@@H](c2ccc(OC[C@@H]3C[C@@H](CC(=O)O)C(=O)N3CCCc3ccccc3)cc2)CC1. The Labute approximate surface area is 218 Å². The quantitative estimate of drug-likeness (QED) is 0.270. The maximum atomic E-state index is 13.0. The zero-order valence-corrected chi connectivity index (χ0v) is 21.3. The van der Waals surface area contributed by atoms with Crippen LogP contribution < -0.4 is 15.8 Å². The molecule has 2 atom stereocenters. The van der Waals surface area contributed by atoms with Gasteiger partial charge in [-0.15, -0.1) is 0 Å². The summed E-state index contributed by atoms with van der Waals surface area (Å²) in [5, 5.41) is 19.7. The Morgan fingerprint density at radius 1 is 1.08 bits per heavy atom. The van der Waals surface area contributed by atoms with Crippen LogP contribution in [0.3, 0.4) is 0 Å². The van der Waals surface area contributed by atoms with Gasteiger partial charge in [0.05, 0.1) is 18.4 Å². The second-order valence-electron chi connectivity index (χ2n) is 10.3. The number of benzene rings is 2. The second kappa shape index (κ2) is 12.6. The van der Waals surface area contributed by atoms with E-state index in [9.17, 15) is 14.7 Å². The summed E-state index contributed by atoms with van der Waals surface area (Å²) in [4.78, 5) is 26.1. The van der Waals surface area contributed by atoms with Gasteiger partial charge >= 0.3 is 5.97 Å². The van der Waals surface area contributed by atoms with Crippen LogP contribution in [0.4, 0.5) is 0 Å². The van der Waals surface area contributed by atoms with Gasteiger partial charge in [0, 0.05) is 12.6 Å². The number of aryl methyl sites for hydroxylation is 1. The predicted molar refractivity (Wildman–Crippen MR) is 143 cm³/mol. The van der Waals surface area contributed by atoms with Crippen LogP contribution in [0.25, 0.3) is 0 Å². The zero-order valence-electron chi connectivity index (χ0n) is 21.3. The summed E-state index contributed by atoms with van der Waals surface area (Å²) in [6.07, 6.45) is 6.17. The molecule has 37 heavy (non-hydrogen) atoms. The highest BCUT2D eigenvalue weighted by Gasteiger charge is 2.40. The van der Waals surface area contributed by atoms with Crippen molar-refractivity contribution in [3.63, 3.8) is 0 Å². The molecule has 1 saturated heterocycles. The minimum atomic E-state index is -0.939. The van der Waals surface area contributed by atoms with E-state index in [1.165, 1.54) is 11.1 Å². The van der Waals surface area contributed by atoms with E-state index in [-0.39, 0.29) is 30.4 Å². The van der Waals surface area contributed by atoms with Crippen LogP contribution in [0.2, 0.25) is 0 Å². The highest BCUT2D eigenvalue weighted by molar-refractivity contribution is 5.85. The van der Waals surface area contributed by atoms with Gasteiger partial charge in [-0.1, -0.05) is 42.5 Å². The Morgan fingerprint density at radius 2 is 1.78 bits per heavy atom. The normalized spacial score (nSPS) is 23.6. The van der Waals surface area contributed by atoms with Crippen molar-refractivity contribution in [2.45, 2.75) is 69.4 Å². The Morgan fingerprint density at radius 3 is 2.43 bits per heavy atom. The highest BCUT2D eigenvalue weighted by atomic mass is 16.5. The Bertz CT molecular complexity index is 1050. The first-order valence-electron chi connectivity index (χ1n) is 13.3. The Hall–Kier alpha value is -3.55. The molecule has 4 rings (SSSR count). The molecule has 5 N–H and O–H groups in total. The molecule has 1 aliphatic heterocycles. The minimum absolute atomic E-state index is 0.0398. The Kier molecular flexibility index (Phi) is 9.04. The molecule has 2 fully saturated rings. The van der Waals surface area contributed by atoms with Gasteiger partial charge in [0.25, 0.3) is 0 Å². The first-order valence-corrected chi connectivity index (χ1v) is 13.3. The average molecular weight is 507 g/mol. The summed E-state index contributed by atoms with van der Waals surface area (Å²) in [7, 11) is 0. The number of hydrogen-bond acceptors (Lipinski definition) is 4. The van der Waals surface area contributed by atoms with Gasteiger partial charge in [-0.2, -0.15) is 0 Å². The minimum Gasteiger partial charge on any atom is -0.491 e. The van der Waals surface area contributed by atoms with Gasteiger partial charge < -0.3 is 25.8 Å². The lowest BCUT2D eigenvalue weighted by molar-refractivity contribution is -0.142. The molecule has 0 bridgehead atoms. The first kappa shape index (κ1) is 26.5. The number of rotatable bonds is 11. The number of hydrogen-bond donors (Lipinski definition) is 4. The zero-order chi connectivity index (χ0) is 26.2. The van der Waals surface area contributed by atoms with Gasteiger partial charge in [-0.3, -0.25) is 15.0 Å². The molecule has 0 aromatic heterocycles. The van der Waals surface area contributed by atoms with Gasteiger partial charge in [0.1, 0.15) is 12.4 Å². The molecule has 0 unspecified atom stereocenters. The number of carbonyl (C=O) groups excluding carboxylic acids is 1. The molecule has 8 nitrogen and oxygen atoms in total. The topological polar surface area (TPSA) is 129 Å². The number of guanidine groups is 1. The molecule has 1 saturated carbocycles. The molecule has 198 valence electrons. The Balaban J connectivity index is 1.30. The molecule has 0 spiro atoms. The van der Waals surface area contributed by atoms with E-state index in [4.69, 9.17) is 15.9 Å². The number of likely N-dealkylation sites (tertiary alicyclic amines) is 1. The summed E-state index contributed by atoms with van der Waals surface area (Å²) < 4.78 is 6.10. The van der Waals surface area contributed by atoms with E-state index < -0.39 is 11.9 Å². The molecule has 2 aromatic rings. The first-order chi connectivity index (χ1) is 17.9. The molecule has 1 aliphatic carbocycles. The summed E-state index contributed by atoms with van der Waals surface area (Å²) in [6, 6.07) is 18.5. The number of carbonyl (C=O) groups is 2. The molecule has 0 radical (unpaired) electrons. The van der Waals surface area contributed by atoms with E-state index in [1.54, 1.807) is 0 Å². The molecule has 1 amide bonds. The molecular weight excluding hydrogens is 468 g/mol. The average Bonchev–Trinajstić information content (AvgIpc) is 3.17. The van der Waals surface area contributed by atoms with Crippen LogP contribution in [0.5, 0.6) is 5.75 Å². The lowest BCUT2D eigenvalue weighted by Crippen LogP contribution is -2.41. The fourth-order valence-corrected chi connectivity index (χ4v) is 5.72. The lowest BCUT2D eigenvalue weighted by Gasteiger charge is -2.29. The fraction of sp³-hybridized carbons (Fsp3) is 0.483. The van der Waals surface area contributed by atoms with Crippen molar-refractivity contribution in [1.82, 2.24) is 10.2 Å². The van der Waals surface area contributed by atoms with E-state index in [0.717, 1.165) is 44.3 Å². The van der Waals surface area contributed by atoms with Crippen molar-refractivity contribution >= 4 is 17.8 Å². The van der Waals surface area contributed by atoms with Gasteiger partial charge in [0.15, 0.2) is 5.96 Å². The number of ether oxygens (including phenoxy) is 1. The lowest BCUT2D eigenvalue weighted by atomic mass is 9.82. The monoisotopic (exact) mass is 506 g/mol. The van der Waals surface area contributed by atoms with Crippen LogP contribution in [-0.2, 0) is 16.0 Å². The number of aliphatic carboxylic acids is 1. The van der Waals surface area contributed by atoms with Gasteiger partial charge in [-0.05, 0) is 74.1 Å². The highest BCUT2D eigenvalue weighted by Crippen LogP contribution is 2.34. The summed E-state index contributed by atoms with van der Waals surface area (Å²) >= 11 is 0. The summed E-state index contributed by atoms with van der Waals surface area (Å²) in [6.45, 7) is 0.951. The molecule has 8 heteroatoms. The third-order valence-corrected chi connectivity index (χ3v) is 7.64. The van der Waals surface area contributed by atoms with Crippen molar-refractivity contribution in [3.8, 4) is 5.75 Å². The van der Waals surface area contributed by atoms with E-state index in [0.29, 0.717) is 25.5 Å². The smallest absolute Gasteiger partial charge is 0.304 e. The molecule has 2 aromatic carbocycles. The number of amides is 1. The van der Waals surface area contributed by atoms with Crippen molar-refractivity contribution < 1.29 is 19.4 Å². The van der Waals surface area contributed by atoms with Crippen molar-refractivity contribution in [3.05, 3.63) is 65.7 Å². The van der Waals surface area contributed by atoms with Crippen molar-refractivity contribution in [1.29, 1.82) is 5.41 Å². The summed E-state index contributed by atoms with van der Waals surface area (Å²) in [5.74, 6) is -0.214. The van der Waals surface area contributed by atoms with Crippen LogP contribution in [-0.4, -0.2) is 53.1 Å². The maximum Gasteiger partial charge on any atom is 0.304 e. The maximum absolute atomic E-state index is 13.0. The van der Waals surface area contributed by atoms with Crippen molar-refractivity contribution in [2.24, 2.45) is 11.7 Å². The summed E-state index contributed by atoms with van der Waals surface area (Å²) in [5.41, 5.74) is 7.98. The van der Waals surface area contributed by atoms with E-state index in [1.807, 2.05) is 35.2 Å². The van der Waals surface area contributed by atoms with Crippen LogP contribution >= 0.6 is 0 Å². The fourth-order valence-electron chi connectivity index (χ4n) is 5.72. The van der Waals surface area contributed by atoms with E-state index in [2.05, 4.69) is 29.6 Å².